The minimum atomic E-state index is 0.631. The van der Waals surface area contributed by atoms with Crippen LogP contribution in [0.2, 0.25) is 0 Å². The molecule has 0 aliphatic carbocycles. The van der Waals surface area contributed by atoms with Gasteiger partial charge in [0.1, 0.15) is 5.82 Å². The maximum Gasteiger partial charge on any atom is 0.144 e. The number of hydrogen-bond acceptors (Lipinski definition) is 3. The van der Waals surface area contributed by atoms with E-state index in [0.29, 0.717) is 5.69 Å². The molecule has 1 aromatic heterocycles. The Morgan fingerprint density at radius 3 is 2.24 bits per heavy atom. The van der Waals surface area contributed by atoms with Crippen LogP contribution in [0.5, 0.6) is 0 Å². The predicted molar refractivity (Wildman–Crippen MR) is 91.5 cm³/mol. The van der Waals surface area contributed by atoms with Crippen LogP contribution in [0, 0.1) is 0 Å². The SMILES string of the molecule is Nc1cnc(Nc2ccc(-c3ccccc3)cc2)c(Br)c1. The first-order valence-corrected chi connectivity index (χ1v) is 7.35. The second-order valence-corrected chi connectivity index (χ2v) is 5.52. The maximum absolute atomic E-state index is 5.68. The molecule has 4 heteroatoms. The predicted octanol–water partition coefficient (Wildman–Crippen LogP) is 4.84. The zero-order valence-corrected chi connectivity index (χ0v) is 12.8. The standard InChI is InChI=1S/C17H14BrN3/c18-16-10-14(19)11-20-17(16)21-15-8-6-13(7-9-15)12-4-2-1-3-5-12/h1-11H,19H2,(H,20,21). The summed E-state index contributed by atoms with van der Waals surface area (Å²) in [5.41, 5.74) is 9.69. The first-order valence-electron chi connectivity index (χ1n) is 6.56. The van der Waals surface area contributed by atoms with Crippen LogP contribution in [0.25, 0.3) is 11.1 Å². The molecule has 0 atom stereocenters. The van der Waals surface area contributed by atoms with Gasteiger partial charge in [0.05, 0.1) is 16.4 Å². The maximum atomic E-state index is 5.68. The van der Waals surface area contributed by atoms with Gasteiger partial charge in [-0.3, -0.25) is 0 Å². The van der Waals surface area contributed by atoms with Gasteiger partial charge in [-0.1, -0.05) is 42.5 Å². The van der Waals surface area contributed by atoms with Crippen molar-refractivity contribution in [1.29, 1.82) is 0 Å². The summed E-state index contributed by atoms with van der Waals surface area (Å²) in [7, 11) is 0. The smallest absolute Gasteiger partial charge is 0.144 e. The van der Waals surface area contributed by atoms with Crippen LogP contribution >= 0.6 is 15.9 Å². The van der Waals surface area contributed by atoms with E-state index in [1.54, 1.807) is 6.20 Å². The molecule has 0 amide bonds. The molecule has 0 radical (unpaired) electrons. The fraction of sp³-hybridized carbons (Fsp3) is 0. The molecule has 0 bridgehead atoms. The third kappa shape index (κ3) is 3.23. The summed E-state index contributed by atoms with van der Waals surface area (Å²) < 4.78 is 0.842. The van der Waals surface area contributed by atoms with Crippen molar-refractivity contribution in [3.63, 3.8) is 0 Å². The summed E-state index contributed by atoms with van der Waals surface area (Å²) >= 11 is 3.45. The van der Waals surface area contributed by atoms with Gasteiger partial charge >= 0.3 is 0 Å². The van der Waals surface area contributed by atoms with E-state index in [2.05, 4.69) is 50.5 Å². The number of nitrogen functional groups attached to an aromatic ring is 1. The van der Waals surface area contributed by atoms with Crippen molar-refractivity contribution in [3.8, 4) is 11.1 Å². The Balaban J connectivity index is 1.81. The molecule has 3 N–H and O–H groups in total. The molecule has 3 nitrogen and oxygen atoms in total. The molecule has 104 valence electrons. The largest absolute Gasteiger partial charge is 0.397 e. The second kappa shape index (κ2) is 5.97. The topological polar surface area (TPSA) is 50.9 Å². The minimum Gasteiger partial charge on any atom is -0.397 e. The molecule has 1 heterocycles. The van der Waals surface area contributed by atoms with Crippen LogP contribution in [0.1, 0.15) is 0 Å². The highest BCUT2D eigenvalue weighted by molar-refractivity contribution is 9.10. The van der Waals surface area contributed by atoms with E-state index in [4.69, 9.17) is 5.73 Å². The summed E-state index contributed by atoms with van der Waals surface area (Å²) in [6.07, 6.45) is 1.63. The molecular formula is C17H14BrN3. The van der Waals surface area contributed by atoms with Gasteiger partial charge in [0, 0.05) is 5.69 Å². The van der Waals surface area contributed by atoms with E-state index in [-0.39, 0.29) is 0 Å². The van der Waals surface area contributed by atoms with Crippen molar-refractivity contribution in [2.24, 2.45) is 0 Å². The highest BCUT2D eigenvalue weighted by atomic mass is 79.9. The second-order valence-electron chi connectivity index (χ2n) is 4.67. The number of nitrogens with two attached hydrogens (primary N) is 1. The molecule has 2 aromatic carbocycles. The number of benzene rings is 2. The van der Waals surface area contributed by atoms with Crippen LogP contribution < -0.4 is 11.1 Å². The molecule has 3 aromatic rings. The number of nitrogens with one attached hydrogen (secondary N) is 1. The van der Waals surface area contributed by atoms with Gasteiger partial charge in [-0.25, -0.2) is 4.98 Å². The molecular weight excluding hydrogens is 326 g/mol. The summed E-state index contributed by atoms with van der Waals surface area (Å²) in [6.45, 7) is 0. The van der Waals surface area contributed by atoms with E-state index in [9.17, 15) is 0 Å². The van der Waals surface area contributed by atoms with Crippen molar-refractivity contribution >= 4 is 33.1 Å². The molecule has 0 fully saturated rings. The minimum absolute atomic E-state index is 0.631. The average Bonchev–Trinajstić information content (AvgIpc) is 2.52. The van der Waals surface area contributed by atoms with Crippen LogP contribution in [-0.2, 0) is 0 Å². The van der Waals surface area contributed by atoms with Gasteiger partial charge in [-0.05, 0) is 45.3 Å². The van der Waals surface area contributed by atoms with Crippen molar-refractivity contribution in [2.45, 2.75) is 0 Å². The van der Waals surface area contributed by atoms with Crippen LogP contribution in [0.4, 0.5) is 17.2 Å². The van der Waals surface area contributed by atoms with Crippen molar-refractivity contribution < 1.29 is 0 Å². The Labute approximate surface area is 132 Å². The molecule has 0 unspecified atom stereocenters. The van der Waals surface area contributed by atoms with Gasteiger partial charge in [0.25, 0.3) is 0 Å². The first-order chi connectivity index (χ1) is 10.2. The van der Waals surface area contributed by atoms with Gasteiger partial charge in [-0.15, -0.1) is 0 Å². The highest BCUT2D eigenvalue weighted by Crippen LogP contribution is 2.27. The van der Waals surface area contributed by atoms with Gasteiger partial charge in [0.15, 0.2) is 0 Å². The molecule has 0 aliphatic rings. The van der Waals surface area contributed by atoms with E-state index in [0.717, 1.165) is 16.0 Å². The van der Waals surface area contributed by atoms with Gasteiger partial charge in [-0.2, -0.15) is 0 Å². The number of rotatable bonds is 3. The number of pyridine rings is 1. The fourth-order valence-corrected chi connectivity index (χ4v) is 2.52. The zero-order valence-electron chi connectivity index (χ0n) is 11.3. The number of hydrogen-bond donors (Lipinski definition) is 2. The summed E-state index contributed by atoms with van der Waals surface area (Å²) in [6, 6.07) is 20.4. The summed E-state index contributed by atoms with van der Waals surface area (Å²) in [4.78, 5) is 4.27. The average molecular weight is 340 g/mol. The van der Waals surface area contributed by atoms with E-state index < -0.39 is 0 Å². The first kappa shape index (κ1) is 13.6. The zero-order chi connectivity index (χ0) is 14.7. The van der Waals surface area contributed by atoms with Gasteiger partial charge in [0.2, 0.25) is 0 Å². The summed E-state index contributed by atoms with van der Waals surface area (Å²) in [5, 5.41) is 3.26. The molecule has 3 rings (SSSR count). The summed E-state index contributed by atoms with van der Waals surface area (Å²) in [5.74, 6) is 0.747. The lowest BCUT2D eigenvalue weighted by Crippen LogP contribution is -1.96. The van der Waals surface area contributed by atoms with Crippen molar-refractivity contribution in [3.05, 3.63) is 71.3 Å². The Bertz CT molecular complexity index is 740. The lowest BCUT2D eigenvalue weighted by Gasteiger charge is -2.09. The number of halogens is 1. The van der Waals surface area contributed by atoms with E-state index in [1.807, 2.05) is 36.4 Å². The Kier molecular flexibility index (Phi) is 3.88. The molecule has 0 saturated carbocycles. The monoisotopic (exact) mass is 339 g/mol. The van der Waals surface area contributed by atoms with Crippen LogP contribution in [-0.4, -0.2) is 4.98 Å². The Morgan fingerprint density at radius 2 is 1.57 bits per heavy atom. The molecule has 0 aliphatic heterocycles. The molecule has 0 spiro atoms. The highest BCUT2D eigenvalue weighted by Gasteiger charge is 2.03. The van der Waals surface area contributed by atoms with Crippen LogP contribution in [0.15, 0.2) is 71.3 Å². The molecule has 21 heavy (non-hydrogen) atoms. The lowest BCUT2D eigenvalue weighted by molar-refractivity contribution is 1.29. The third-order valence-corrected chi connectivity index (χ3v) is 3.72. The number of nitrogens with zero attached hydrogens (tertiary/aromatic N) is 1. The third-order valence-electron chi connectivity index (χ3n) is 3.12. The molecule has 0 saturated heterocycles. The van der Waals surface area contributed by atoms with E-state index >= 15 is 0 Å². The normalized spacial score (nSPS) is 10.3. The number of anilines is 3. The Hall–Kier alpha value is -2.33. The van der Waals surface area contributed by atoms with E-state index in [1.165, 1.54) is 11.1 Å². The lowest BCUT2D eigenvalue weighted by atomic mass is 10.1. The number of aromatic nitrogens is 1. The van der Waals surface area contributed by atoms with Crippen molar-refractivity contribution in [1.82, 2.24) is 4.98 Å². The quantitative estimate of drug-likeness (QED) is 0.717. The van der Waals surface area contributed by atoms with Crippen molar-refractivity contribution in [2.75, 3.05) is 11.1 Å². The fourth-order valence-electron chi connectivity index (χ4n) is 2.06. The van der Waals surface area contributed by atoms with Crippen LogP contribution in [0.3, 0.4) is 0 Å². The van der Waals surface area contributed by atoms with Gasteiger partial charge < -0.3 is 11.1 Å². The Morgan fingerprint density at radius 1 is 0.905 bits per heavy atom.